The molecule has 4 rings (SSSR count). The van der Waals surface area contributed by atoms with Crippen LogP contribution in [-0.4, -0.2) is 46.5 Å². The lowest BCUT2D eigenvalue weighted by Gasteiger charge is -2.36. The molecular formula is C20H22N4O. The number of benzene rings is 2. The summed E-state index contributed by atoms with van der Waals surface area (Å²) in [5.74, 6) is 0.0939. The number of nitrogens with zero attached hydrogens (tertiary/aromatic N) is 4. The number of fused-ring (bicyclic) bond motifs is 1. The Morgan fingerprint density at radius 3 is 2.60 bits per heavy atom. The summed E-state index contributed by atoms with van der Waals surface area (Å²) >= 11 is 0. The summed E-state index contributed by atoms with van der Waals surface area (Å²) in [4.78, 5) is 21.5. The maximum absolute atomic E-state index is 12.8. The first-order valence-electron chi connectivity index (χ1n) is 8.64. The molecule has 1 fully saturated rings. The number of carbonyl (C=O) groups is 1. The number of aromatic nitrogens is 2. The Morgan fingerprint density at radius 1 is 1.04 bits per heavy atom. The highest BCUT2D eigenvalue weighted by Gasteiger charge is 2.22. The lowest BCUT2D eigenvalue weighted by molar-refractivity contribution is 0.0747. The first-order chi connectivity index (χ1) is 12.1. The topological polar surface area (TPSA) is 41.4 Å². The van der Waals surface area contributed by atoms with Crippen molar-refractivity contribution < 1.29 is 4.79 Å². The van der Waals surface area contributed by atoms with Crippen LogP contribution in [-0.2, 0) is 7.05 Å². The number of rotatable bonds is 2. The molecule has 1 aliphatic rings. The summed E-state index contributed by atoms with van der Waals surface area (Å²) in [5.41, 5.74) is 5.13. The third kappa shape index (κ3) is 2.97. The normalized spacial score (nSPS) is 15.0. The molecule has 1 amide bonds. The zero-order valence-corrected chi connectivity index (χ0v) is 14.6. The van der Waals surface area contributed by atoms with E-state index in [0.717, 1.165) is 42.8 Å². The third-order valence-corrected chi connectivity index (χ3v) is 4.91. The van der Waals surface area contributed by atoms with E-state index in [9.17, 15) is 4.79 Å². The molecule has 0 radical (unpaired) electrons. The molecule has 0 spiro atoms. The number of hydrogen-bond acceptors (Lipinski definition) is 3. The van der Waals surface area contributed by atoms with Crippen molar-refractivity contribution in [2.45, 2.75) is 6.92 Å². The second kappa shape index (κ2) is 6.24. The van der Waals surface area contributed by atoms with E-state index in [0.29, 0.717) is 0 Å². The van der Waals surface area contributed by atoms with Crippen molar-refractivity contribution in [3.63, 3.8) is 0 Å². The minimum atomic E-state index is 0.0939. The maximum Gasteiger partial charge on any atom is 0.254 e. The highest BCUT2D eigenvalue weighted by molar-refractivity contribution is 5.97. The molecule has 1 saturated heterocycles. The maximum atomic E-state index is 12.8. The largest absolute Gasteiger partial charge is 0.368 e. The molecule has 3 aromatic rings. The third-order valence-electron chi connectivity index (χ3n) is 4.91. The minimum absolute atomic E-state index is 0.0939. The lowest BCUT2D eigenvalue weighted by atomic mass is 10.1. The van der Waals surface area contributed by atoms with Crippen molar-refractivity contribution in [2.24, 2.45) is 7.05 Å². The number of amides is 1. The van der Waals surface area contributed by atoms with E-state index in [2.05, 4.69) is 41.1 Å². The molecule has 0 saturated carbocycles. The summed E-state index contributed by atoms with van der Waals surface area (Å²) in [7, 11) is 1.96. The van der Waals surface area contributed by atoms with Crippen LogP contribution in [0.25, 0.3) is 11.0 Å². The molecule has 5 nitrogen and oxygen atoms in total. The zero-order chi connectivity index (χ0) is 17.4. The van der Waals surface area contributed by atoms with E-state index < -0.39 is 0 Å². The van der Waals surface area contributed by atoms with Gasteiger partial charge in [0.2, 0.25) is 0 Å². The van der Waals surface area contributed by atoms with Crippen molar-refractivity contribution in [3.05, 3.63) is 59.9 Å². The van der Waals surface area contributed by atoms with Gasteiger partial charge in [0.05, 0.1) is 17.4 Å². The van der Waals surface area contributed by atoms with Crippen molar-refractivity contribution in [1.82, 2.24) is 14.5 Å². The van der Waals surface area contributed by atoms with Crippen LogP contribution in [0.5, 0.6) is 0 Å². The van der Waals surface area contributed by atoms with Gasteiger partial charge >= 0.3 is 0 Å². The molecular weight excluding hydrogens is 312 g/mol. The number of anilines is 1. The van der Waals surface area contributed by atoms with Crippen LogP contribution in [0.15, 0.2) is 48.8 Å². The molecule has 128 valence electrons. The quantitative estimate of drug-likeness (QED) is 0.724. The molecule has 0 bridgehead atoms. The molecule has 1 aliphatic heterocycles. The van der Waals surface area contributed by atoms with Crippen molar-refractivity contribution >= 4 is 22.6 Å². The molecule has 25 heavy (non-hydrogen) atoms. The van der Waals surface area contributed by atoms with E-state index in [1.165, 1.54) is 11.3 Å². The smallest absolute Gasteiger partial charge is 0.254 e. The molecule has 0 N–H and O–H groups in total. The number of hydrogen-bond donors (Lipinski definition) is 0. The summed E-state index contributed by atoms with van der Waals surface area (Å²) < 4.78 is 1.96. The van der Waals surface area contributed by atoms with Crippen molar-refractivity contribution in [3.8, 4) is 0 Å². The van der Waals surface area contributed by atoms with Gasteiger partial charge in [0.15, 0.2) is 0 Å². The Balaban J connectivity index is 1.46. The van der Waals surface area contributed by atoms with Gasteiger partial charge in [-0.3, -0.25) is 4.79 Å². The van der Waals surface area contributed by atoms with E-state index >= 15 is 0 Å². The Kier molecular flexibility index (Phi) is 3.92. The SMILES string of the molecule is Cc1cccc(N2CCN(C(=O)c3ccc4c(c3)ncn4C)CC2)c1. The van der Waals surface area contributed by atoms with E-state index in [1.54, 1.807) is 6.33 Å². The molecule has 5 heteroatoms. The van der Waals surface area contributed by atoms with Gasteiger partial charge in [-0.2, -0.15) is 0 Å². The van der Waals surface area contributed by atoms with Gasteiger partial charge in [0.25, 0.3) is 5.91 Å². The lowest BCUT2D eigenvalue weighted by Crippen LogP contribution is -2.48. The fourth-order valence-electron chi connectivity index (χ4n) is 3.44. The molecule has 2 aromatic carbocycles. The predicted molar refractivity (Wildman–Crippen MR) is 100 cm³/mol. The second-order valence-corrected chi connectivity index (χ2v) is 6.68. The van der Waals surface area contributed by atoms with E-state index in [1.807, 2.05) is 34.7 Å². The van der Waals surface area contributed by atoms with Crippen LogP contribution in [0.4, 0.5) is 5.69 Å². The van der Waals surface area contributed by atoms with Gasteiger partial charge in [-0.05, 0) is 42.8 Å². The van der Waals surface area contributed by atoms with Crippen LogP contribution in [0.2, 0.25) is 0 Å². The van der Waals surface area contributed by atoms with Crippen LogP contribution in [0.1, 0.15) is 15.9 Å². The fraction of sp³-hybridized carbons (Fsp3) is 0.300. The van der Waals surface area contributed by atoms with Crippen LogP contribution in [0.3, 0.4) is 0 Å². The molecule has 0 unspecified atom stereocenters. The van der Waals surface area contributed by atoms with E-state index in [4.69, 9.17) is 0 Å². The molecule has 0 atom stereocenters. The monoisotopic (exact) mass is 334 g/mol. The Morgan fingerprint density at radius 2 is 1.84 bits per heavy atom. The van der Waals surface area contributed by atoms with E-state index in [-0.39, 0.29) is 5.91 Å². The number of aryl methyl sites for hydroxylation is 2. The highest BCUT2D eigenvalue weighted by Crippen LogP contribution is 2.20. The van der Waals surface area contributed by atoms with Crippen molar-refractivity contribution in [2.75, 3.05) is 31.1 Å². The highest BCUT2D eigenvalue weighted by atomic mass is 16.2. The standard InChI is InChI=1S/C20H22N4O/c1-15-4-3-5-17(12-15)23-8-10-24(11-9-23)20(25)16-6-7-19-18(13-16)21-14-22(19)2/h3-7,12-14H,8-11H2,1-2H3. The van der Waals surface area contributed by atoms with Crippen LogP contribution >= 0.6 is 0 Å². The first kappa shape index (κ1) is 15.7. The van der Waals surface area contributed by atoms with Gasteiger partial charge in [-0.15, -0.1) is 0 Å². The minimum Gasteiger partial charge on any atom is -0.368 e. The summed E-state index contributed by atoms with van der Waals surface area (Å²) in [6.07, 6.45) is 1.78. The second-order valence-electron chi connectivity index (χ2n) is 6.68. The van der Waals surface area contributed by atoms with Crippen LogP contribution in [0, 0.1) is 6.92 Å². The number of imidazole rings is 1. The molecule has 0 aliphatic carbocycles. The average Bonchev–Trinajstić information content (AvgIpc) is 3.02. The summed E-state index contributed by atoms with van der Waals surface area (Å²) in [6, 6.07) is 14.3. The predicted octanol–water partition coefficient (Wildman–Crippen LogP) is 2.84. The number of carbonyl (C=O) groups excluding carboxylic acids is 1. The number of piperazine rings is 1. The van der Waals surface area contributed by atoms with Gasteiger partial charge in [-0.25, -0.2) is 4.98 Å². The Bertz CT molecular complexity index is 922. The fourth-order valence-corrected chi connectivity index (χ4v) is 3.44. The van der Waals surface area contributed by atoms with Gasteiger partial charge in [0, 0.05) is 44.5 Å². The van der Waals surface area contributed by atoms with Gasteiger partial charge in [-0.1, -0.05) is 12.1 Å². The van der Waals surface area contributed by atoms with Gasteiger partial charge < -0.3 is 14.4 Å². The molecule has 2 heterocycles. The first-order valence-corrected chi connectivity index (χ1v) is 8.64. The average molecular weight is 334 g/mol. The summed E-state index contributed by atoms with van der Waals surface area (Å²) in [6.45, 7) is 5.32. The Hall–Kier alpha value is -2.82. The summed E-state index contributed by atoms with van der Waals surface area (Å²) in [5, 5.41) is 0. The van der Waals surface area contributed by atoms with Crippen LogP contribution < -0.4 is 4.90 Å². The van der Waals surface area contributed by atoms with Gasteiger partial charge in [0.1, 0.15) is 0 Å². The Labute approximate surface area is 147 Å². The molecule has 1 aromatic heterocycles. The zero-order valence-electron chi connectivity index (χ0n) is 14.6. The van der Waals surface area contributed by atoms with Crippen molar-refractivity contribution in [1.29, 1.82) is 0 Å².